The maximum absolute atomic E-state index is 12.5. The van der Waals surface area contributed by atoms with E-state index >= 15 is 0 Å². The first-order chi connectivity index (χ1) is 8.91. The number of rotatable bonds is 5. The van der Waals surface area contributed by atoms with Crippen LogP contribution < -0.4 is 0 Å². The van der Waals surface area contributed by atoms with E-state index in [1.807, 2.05) is 18.7 Å². The molecule has 1 saturated carbocycles. The molecule has 3 unspecified atom stereocenters. The van der Waals surface area contributed by atoms with Gasteiger partial charge in [-0.2, -0.15) is 0 Å². The normalized spacial score (nSPS) is 23.5. The maximum atomic E-state index is 12.5. The number of hydrogen-bond acceptors (Lipinski definition) is 3. The second-order valence-corrected chi connectivity index (χ2v) is 6.80. The highest BCUT2D eigenvalue weighted by Crippen LogP contribution is 2.51. The minimum absolute atomic E-state index is 0.124. The van der Waals surface area contributed by atoms with E-state index in [9.17, 15) is 9.90 Å². The average molecular weight is 281 g/mol. The molecule has 19 heavy (non-hydrogen) atoms. The molecular weight excluding hydrogens is 258 g/mol. The third-order valence-electron chi connectivity index (χ3n) is 3.71. The van der Waals surface area contributed by atoms with Gasteiger partial charge in [-0.3, -0.25) is 4.79 Å². The number of hydrogen-bond donors (Lipinski definition) is 1. The van der Waals surface area contributed by atoms with Gasteiger partial charge in [-0.1, -0.05) is 0 Å². The average Bonchev–Trinajstić information content (AvgIpc) is 3.00. The standard InChI is InChI=1S/C15H23NO2S/c1-9(2)16(8-11(4)17)15(18)13-7-12(13)14-10(3)5-6-19-14/h5-6,9,11-13,17H,7-8H2,1-4H3. The molecule has 1 aliphatic rings. The van der Waals surface area contributed by atoms with Crippen LogP contribution in [0.15, 0.2) is 11.4 Å². The van der Waals surface area contributed by atoms with Crippen molar-refractivity contribution in [2.45, 2.75) is 52.2 Å². The first kappa shape index (κ1) is 14.5. The second kappa shape index (κ2) is 5.63. The fraction of sp³-hybridized carbons (Fsp3) is 0.667. The molecule has 3 nitrogen and oxygen atoms in total. The zero-order chi connectivity index (χ0) is 14.2. The number of carbonyl (C=O) groups is 1. The molecule has 0 bridgehead atoms. The van der Waals surface area contributed by atoms with E-state index in [4.69, 9.17) is 0 Å². The summed E-state index contributed by atoms with van der Waals surface area (Å²) in [6.45, 7) is 8.30. The van der Waals surface area contributed by atoms with Gasteiger partial charge in [0, 0.05) is 29.3 Å². The molecule has 1 amide bonds. The van der Waals surface area contributed by atoms with Crippen LogP contribution in [0.2, 0.25) is 0 Å². The largest absolute Gasteiger partial charge is 0.392 e. The van der Waals surface area contributed by atoms with Crippen LogP contribution in [0.4, 0.5) is 0 Å². The Morgan fingerprint density at radius 3 is 2.68 bits per heavy atom. The van der Waals surface area contributed by atoms with Gasteiger partial charge in [0.05, 0.1) is 6.10 Å². The number of thiophene rings is 1. The summed E-state index contributed by atoms with van der Waals surface area (Å²) in [6, 6.07) is 2.27. The van der Waals surface area contributed by atoms with E-state index in [0.29, 0.717) is 12.5 Å². The number of aliphatic hydroxyl groups is 1. The predicted octanol–water partition coefficient (Wildman–Crippen LogP) is 2.78. The Hall–Kier alpha value is -0.870. The Labute approximate surface area is 119 Å². The van der Waals surface area contributed by atoms with E-state index in [1.54, 1.807) is 18.3 Å². The van der Waals surface area contributed by atoms with Crippen molar-refractivity contribution in [1.29, 1.82) is 0 Å². The van der Waals surface area contributed by atoms with E-state index in [2.05, 4.69) is 18.4 Å². The molecule has 1 aliphatic carbocycles. The highest BCUT2D eigenvalue weighted by Gasteiger charge is 2.47. The minimum Gasteiger partial charge on any atom is -0.392 e. The molecular formula is C15H23NO2S. The Bertz CT molecular complexity index is 453. The number of amides is 1. The van der Waals surface area contributed by atoms with Crippen LogP contribution in [-0.4, -0.2) is 34.6 Å². The van der Waals surface area contributed by atoms with Crippen molar-refractivity contribution >= 4 is 17.2 Å². The molecule has 106 valence electrons. The summed E-state index contributed by atoms with van der Waals surface area (Å²) < 4.78 is 0. The molecule has 1 heterocycles. The molecule has 0 radical (unpaired) electrons. The molecule has 0 aromatic carbocycles. The Morgan fingerprint density at radius 1 is 1.53 bits per heavy atom. The van der Waals surface area contributed by atoms with Crippen LogP contribution in [-0.2, 0) is 4.79 Å². The van der Waals surface area contributed by atoms with E-state index in [1.165, 1.54) is 10.4 Å². The first-order valence-corrected chi connectivity index (χ1v) is 7.82. The van der Waals surface area contributed by atoms with Crippen molar-refractivity contribution in [2.75, 3.05) is 6.54 Å². The SMILES string of the molecule is Cc1ccsc1C1CC1C(=O)N(CC(C)O)C(C)C. The molecule has 1 fully saturated rings. The molecule has 0 aliphatic heterocycles. The summed E-state index contributed by atoms with van der Waals surface area (Å²) in [7, 11) is 0. The monoisotopic (exact) mass is 281 g/mol. The predicted molar refractivity (Wildman–Crippen MR) is 78.4 cm³/mol. The number of nitrogens with zero attached hydrogens (tertiary/aromatic N) is 1. The van der Waals surface area contributed by atoms with Crippen LogP contribution in [0, 0.1) is 12.8 Å². The second-order valence-electron chi connectivity index (χ2n) is 5.85. The number of aliphatic hydroxyl groups excluding tert-OH is 1. The van der Waals surface area contributed by atoms with Crippen molar-refractivity contribution < 1.29 is 9.90 Å². The van der Waals surface area contributed by atoms with Gasteiger partial charge in [-0.25, -0.2) is 0 Å². The Balaban J connectivity index is 2.03. The lowest BCUT2D eigenvalue weighted by molar-refractivity contribution is -0.135. The van der Waals surface area contributed by atoms with Gasteiger partial charge >= 0.3 is 0 Å². The van der Waals surface area contributed by atoms with Gasteiger partial charge in [0.25, 0.3) is 0 Å². The molecule has 4 heteroatoms. The molecule has 1 N–H and O–H groups in total. The smallest absolute Gasteiger partial charge is 0.226 e. The van der Waals surface area contributed by atoms with E-state index < -0.39 is 6.10 Å². The van der Waals surface area contributed by atoms with Crippen LogP contribution in [0.1, 0.15) is 43.6 Å². The van der Waals surface area contributed by atoms with Gasteiger partial charge in [0.2, 0.25) is 5.91 Å². The Kier molecular flexibility index (Phi) is 4.31. The van der Waals surface area contributed by atoms with Crippen molar-refractivity contribution in [3.8, 4) is 0 Å². The van der Waals surface area contributed by atoms with Crippen molar-refractivity contribution in [3.63, 3.8) is 0 Å². The van der Waals surface area contributed by atoms with Gasteiger partial charge in [-0.15, -0.1) is 11.3 Å². The lowest BCUT2D eigenvalue weighted by Crippen LogP contribution is -2.42. The lowest BCUT2D eigenvalue weighted by atomic mass is 10.1. The number of carbonyl (C=O) groups excluding carboxylic acids is 1. The quantitative estimate of drug-likeness (QED) is 0.901. The zero-order valence-corrected chi connectivity index (χ0v) is 12.9. The van der Waals surface area contributed by atoms with Gasteiger partial charge in [-0.05, 0) is 51.1 Å². The molecule has 1 aromatic rings. The summed E-state index contributed by atoms with van der Waals surface area (Å²) in [5, 5.41) is 11.6. The summed E-state index contributed by atoms with van der Waals surface area (Å²) >= 11 is 1.76. The zero-order valence-electron chi connectivity index (χ0n) is 12.1. The van der Waals surface area contributed by atoms with Gasteiger partial charge in [0.1, 0.15) is 0 Å². The van der Waals surface area contributed by atoms with Crippen molar-refractivity contribution in [2.24, 2.45) is 5.92 Å². The molecule has 0 spiro atoms. The van der Waals surface area contributed by atoms with E-state index in [0.717, 1.165) is 6.42 Å². The number of aryl methyl sites for hydroxylation is 1. The van der Waals surface area contributed by atoms with Crippen molar-refractivity contribution in [3.05, 3.63) is 21.9 Å². The van der Waals surface area contributed by atoms with Crippen LogP contribution in [0.25, 0.3) is 0 Å². The van der Waals surface area contributed by atoms with Gasteiger partial charge in [0.15, 0.2) is 0 Å². The highest BCUT2D eigenvalue weighted by molar-refractivity contribution is 7.10. The summed E-state index contributed by atoms with van der Waals surface area (Å²) in [5.41, 5.74) is 1.30. The lowest BCUT2D eigenvalue weighted by Gasteiger charge is -2.28. The molecule has 2 rings (SSSR count). The topological polar surface area (TPSA) is 40.5 Å². The summed E-state index contributed by atoms with van der Waals surface area (Å²) in [5.74, 6) is 0.731. The van der Waals surface area contributed by atoms with Crippen LogP contribution in [0.3, 0.4) is 0 Å². The highest BCUT2D eigenvalue weighted by atomic mass is 32.1. The Morgan fingerprint density at radius 2 is 2.21 bits per heavy atom. The summed E-state index contributed by atoms with van der Waals surface area (Å²) in [6.07, 6.45) is 0.496. The maximum Gasteiger partial charge on any atom is 0.226 e. The van der Waals surface area contributed by atoms with Crippen LogP contribution in [0.5, 0.6) is 0 Å². The molecule has 0 saturated heterocycles. The first-order valence-electron chi connectivity index (χ1n) is 6.94. The van der Waals surface area contributed by atoms with Crippen molar-refractivity contribution in [1.82, 2.24) is 4.90 Å². The van der Waals surface area contributed by atoms with E-state index in [-0.39, 0.29) is 17.9 Å². The molecule has 1 aromatic heterocycles. The minimum atomic E-state index is -0.466. The van der Waals surface area contributed by atoms with Crippen LogP contribution >= 0.6 is 11.3 Å². The molecule has 3 atom stereocenters. The fourth-order valence-corrected chi connectivity index (χ4v) is 3.68. The summed E-state index contributed by atoms with van der Waals surface area (Å²) in [4.78, 5) is 15.7. The van der Waals surface area contributed by atoms with Gasteiger partial charge < -0.3 is 10.0 Å². The third-order valence-corrected chi connectivity index (χ3v) is 4.86. The third kappa shape index (κ3) is 3.18. The fourth-order valence-electron chi connectivity index (χ4n) is 2.57.